The fourth-order valence-electron chi connectivity index (χ4n) is 3.06. The van der Waals surface area contributed by atoms with Gasteiger partial charge in [-0.15, -0.1) is 0 Å². The third-order valence-electron chi connectivity index (χ3n) is 4.18. The molecule has 1 amide bonds. The number of carboxylic acid groups (broad SMARTS) is 1. The number of halogens is 2. The van der Waals surface area contributed by atoms with E-state index in [0.717, 1.165) is 12.8 Å². The molecular formula is C15H15ClFNO3. The van der Waals surface area contributed by atoms with Crippen molar-refractivity contribution in [3.05, 3.63) is 34.6 Å². The van der Waals surface area contributed by atoms with Crippen LogP contribution in [0.2, 0.25) is 5.02 Å². The van der Waals surface area contributed by atoms with Crippen LogP contribution in [-0.2, 0) is 9.59 Å². The van der Waals surface area contributed by atoms with Gasteiger partial charge in [0.1, 0.15) is 5.82 Å². The highest BCUT2D eigenvalue weighted by Gasteiger charge is 2.47. The van der Waals surface area contributed by atoms with Crippen molar-refractivity contribution in [2.45, 2.75) is 37.8 Å². The average molecular weight is 312 g/mol. The van der Waals surface area contributed by atoms with Crippen molar-refractivity contribution < 1.29 is 19.1 Å². The maximum atomic E-state index is 14.2. The minimum absolute atomic E-state index is 0.0414. The lowest BCUT2D eigenvalue weighted by Crippen LogP contribution is -2.46. The van der Waals surface area contributed by atoms with E-state index >= 15 is 0 Å². The number of carbonyl (C=O) groups is 2. The van der Waals surface area contributed by atoms with Crippen LogP contribution in [-0.4, -0.2) is 27.9 Å². The van der Waals surface area contributed by atoms with Crippen molar-refractivity contribution in [2.24, 2.45) is 5.92 Å². The van der Waals surface area contributed by atoms with E-state index in [4.69, 9.17) is 11.6 Å². The number of likely N-dealkylation sites (tertiary alicyclic amines) is 1. The van der Waals surface area contributed by atoms with E-state index in [-0.39, 0.29) is 35.4 Å². The van der Waals surface area contributed by atoms with Crippen LogP contribution < -0.4 is 0 Å². The first kappa shape index (κ1) is 14.3. The van der Waals surface area contributed by atoms with Crippen molar-refractivity contribution in [1.82, 2.24) is 4.90 Å². The van der Waals surface area contributed by atoms with Crippen molar-refractivity contribution in [3.8, 4) is 0 Å². The molecule has 0 radical (unpaired) electrons. The normalized spacial score (nSPS) is 26.0. The second-order valence-corrected chi connectivity index (χ2v) is 6.06. The third-order valence-corrected chi connectivity index (χ3v) is 4.41. The molecule has 112 valence electrons. The molecule has 1 aliphatic heterocycles. The number of rotatable bonds is 3. The zero-order valence-corrected chi connectivity index (χ0v) is 12.0. The first-order valence-corrected chi connectivity index (χ1v) is 7.35. The van der Waals surface area contributed by atoms with Crippen molar-refractivity contribution >= 4 is 23.5 Å². The maximum Gasteiger partial charge on any atom is 0.308 e. The Morgan fingerprint density at radius 2 is 2.05 bits per heavy atom. The molecule has 6 heteroatoms. The first-order valence-electron chi connectivity index (χ1n) is 6.98. The van der Waals surface area contributed by atoms with Gasteiger partial charge in [-0.2, -0.15) is 0 Å². The lowest BCUT2D eigenvalue weighted by Gasteiger charge is -2.40. The SMILES string of the molecule is O=C(O)C1CCC(=O)N(C2CC2)C1c1ccc(Cl)cc1F. The first-order chi connectivity index (χ1) is 9.99. The molecule has 3 rings (SSSR count). The van der Waals surface area contributed by atoms with Gasteiger partial charge in [-0.1, -0.05) is 17.7 Å². The Balaban J connectivity index is 2.06. The smallest absolute Gasteiger partial charge is 0.308 e. The molecule has 1 aliphatic carbocycles. The van der Waals surface area contributed by atoms with Crippen LogP contribution in [0.4, 0.5) is 4.39 Å². The summed E-state index contributed by atoms with van der Waals surface area (Å²) in [5.74, 6) is -2.42. The average Bonchev–Trinajstić information content (AvgIpc) is 3.22. The predicted octanol–water partition coefficient (Wildman–Crippen LogP) is 3.01. The summed E-state index contributed by atoms with van der Waals surface area (Å²) in [4.78, 5) is 25.3. The molecule has 0 aromatic heterocycles. The molecule has 1 saturated carbocycles. The Labute approximate surface area is 126 Å². The van der Waals surface area contributed by atoms with E-state index in [1.54, 1.807) is 4.90 Å². The number of nitrogens with zero attached hydrogens (tertiary/aromatic N) is 1. The highest BCUT2D eigenvalue weighted by atomic mass is 35.5. The third kappa shape index (κ3) is 2.62. The van der Waals surface area contributed by atoms with Crippen LogP contribution in [0.1, 0.15) is 37.3 Å². The molecule has 2 atom stereocenters. The van der Waals surface area contributed by atoms with E-state index in [1.807, 2.05) is 0 Å². The highest BCUT2D eigenvalue weighted by molar-refractivity contribution is 6.30. The summed E-state index contributed by atoms with van der Waals surface area (Å²) in [7, 11) is 0. The van der Waals surface area contributed by atoms with Crippen molar-refractivity contribution in [1.29, 1.82) is 0 Å². The summed E-state index contributed by atoms with van der Waals surface area (Å²) in [6.45, 7) is 0. The van der Waals surface area contributed by atoms with Gasteiger partial charge in [0, 0.05) is 23.0 Å². The molecule has 0 bridgehead atoms. The van der Waals surface area contributed by atoms with Gasteiger partial charge < -0.3 is 10.0 Å². The van der Waals surface area contributed by atoms with Gasteiger partial charge in [0.2, 0.25) is 5.91 Å². The Hall–Kier alpha value is -1.62. The minimum Gasteiger partial charge on any atom is -0.481 e. The lowest BCUT2D eigenvalue weighted by atomic mass is 9.84. The van der Waals surface area contributed by atoms with Crippen LogP contribution in [0.25, 0.3) is 0 Å². The van der Waals surface area contributed by atoms with Crippen molar-refractivity contribution in [3.63, 3.8) is 0 Å². The van der Waals surface area contributed by atoms with E-state index in [2.05, 4.69) is 0 Å². The number of carbonyl (C=O) groups excluding carboxylic acids is 1. The summed E-state index contributed by atoms with van der Waals surface area (Å²) in [6, 6.07) is 3.49. The number of hydrogen-bond donors (Lipinski definition) is 1. The molecule has 1 aromatic carbocycles. The fraction of sp³-hybridized carbons (Fsp3) is 0.467. The standard InChI is InChI=1S/C15H15ClFNO3/c16-8-1-4-10(12(17)7-8)14-11(15(20)21)5-6-13(19)18(14)9-2-3-9/h1,4,7,9,11,14H,2-3,5-6H2,(H,20,21). The molecule has 21 heavy (non-hydrogen) atoms. The summed E-state index contributed by atoms with van der Waals surface area (Å²) < 4.78 is 14.2. The molecule has 1 heterocycles. The molecule has 0 spiro atoms. The monoisotopic (exact) mass is 311 g/mol. The Bertz CT molecular complexity index is 603. The zero-order valence-electron chi connectivity index (χ0n) is 11.3. The predicted molar refractivity (Wildman–Crippen MR) is 74.4 cm³/mol. The molecule has 4 nitrogen and oxygen atoms in total. The van der Waals surface area contributed by atoms with E-state index in [1.165, 1.54) is 18.2 Å². The lowest BCUT2D eigenvalue weighted by molar-refractivity contribution is -0.152. The summed E-state index contributed by atoms with van der Waals surface area (Å²) in [5, 5.41) is 9.69. The molecular weight excluding hydrogens is 297 g/mol. The number of amides is 1. The summed E-state index contributed by atoms with van der Waals surface area (Å²) >= 11 is 5.76. The fourth-order valence-corrected chi connectivity index (χ4v) is 3.22. The van der Waals surface area contributed by atoms with Gasteiger partial charge in [-0.3, -0.25) is 9.59 Å². The zero-order chi connectivity index (χ0) is 15.1. The minimum atomic E-state index is -0.993. The second kappa shape index (κ2) is 5.30. The second-order valence-electron chi connectivity index (χ2n) is 5.63. The van der Waals surface area contributed by atoms with Gasteiger partial charge >= 0.3 is 5.97 Å². The number of carboxylic acids is 1. The maximum absolute atomic E-state index is 14.2. The van der Waals surface area contributed by atoms with E-state index < -0.39 is 23.7 Å². The van der Waals surface area contributed by atoms with Gasteiger partial charge in [0.05, 0.1) is 12.0 Å². The van der Waals surface area contributed by atoms with E-state index in [9.17, 15) is 19.1 Å². The molecule has 1 saturated heterocycles. The Kier molecular flexibility index (Phi) is 3.61. The van der Waals surface area contributed by atoms with Gasteiger partial charge in [-0.05, 0) is 31.4 Å². The van der Waals surface area contributed by atoms with Gasteiger partial charge in [0.25, 0.3) is 0 Å². The molecule has 1 aromatic rings. The van der Waals surface area contributed by atoms with Crippen LogP contribution in [0, 0.1) is 11.7 Å². The van der Waals surface area contributed by atoms with Gasteiger partial charge in [-0.25, -0.2) is 4.39 Å². The van der Waals surface area contributed by atoms with Crippen molar-refractivity contribution in [2.75, 3.05) is 0 Å². The molecule has 2 aliphatic rings. The topological polar surface area (TPSA) is 57.6 Å². The Morgan fingerprint density at radius 3 is 2.62 bits per heavy atom. The quantitative estimate of drug-likeness (QED) is 0.933. The summed E-state index contributed by atoms with van der Waals surface area (Å²) in [6.07, 6.45) is 2.15. The summed E-state index contributed by atoms with van der Waals surface area (Å²) in [5.41, 5.74) is 0.242. The largest absolute Gasteiger partial charge is 0.481 e. The van der Waals surface area contributed by atoms with Crippen LogP contribution in [0.5, 0.6) is 0 Å². The number of hydrogen-bond acceptors (Lipinski definition) is 2. The molecule has 2 fully saturated rings. The number of piperidine rings is 1. The Morgan fingerprint density at radius 1 is 1.33 bits per heavy atom. The van der Waals surface area contributed by atoms with E-state index in [0.29, 0.717) is 0 Å². The molecule has 1 N–H and O–H groups in total. The number of benzene rings is 1. The van der Waals surface area contributed by atoms with Gasteiger partial charge in [0.15, 0.2) is 0 Å². The van der Waals surface area contributed by atoms with Crippen LogP contribution in [0.15, 0.2) is 18.2 Å². The van der Waals surface area contributed by atoms with Crippen LogP contribution in [0.3, 0.4) is 0 Å². The molecule has 2 unspecified atom stereocenters. The highest BCUT2D eigenvalue weighted by Crippen LogP contribution is 2.44. The van der Waals surface area contributed by atoms with Crippen LogP contribution >= 0.6 is 11.6 Å². The number of aliphatic carboxylic acids is 1.